The van der Waals surface area contributed by atoms with Crippen LogP contribution in [0.5, 0.6) is 0 Å². The molecule has 0 fully saturated rings. The maximum absolute atomic E-state index is 5.50. The van der Waals surface area contributed by atoms with E-state index in [0.717, 1.165) is 38.6 Å². The second kappa shape index (κ2) is 14.2. The maximum Gasteiger partial charge on any atom is 0.191 e. The first-order valence-corrected chi connectivity index (χ1v) is 7.57. The highest BCUT2D eigenvalue weighted by atomic mass is 127. The molecule has 0 saturated heterocycles. The van der Waals surface area contributed by atoms with Crippen molar-refractivity contribution in [3.63, 3.8) is 0 Å². The van der Waals surface area contributed by atoms with Crippen molar-refractivity contribution in [3.05, 3.63) is 24.5 Å². The number of rotatable bonds is 10. The van der Waals surface area contributed by atoms with Gasteiger partial charge in [0.1, 0.15) is 0 Å². The number of aromatic nitrogens is 1. The van der Waals surface area contributed by atoms with Gasteiger partial charge in [0.2, 0.25) is 0 Å². The minimum absolute atomic E-state index is 0. The molecule has 1 aromatic heterocycles. The fourth-order valence-electron chi connectivity index (χ4n) is 1.73. The summed E-state index contributed by atoms with van der Waals surface area (Å²) in [6.07, 6.45) is 6.42. The molecule has 21 heavy (non-hydrogen) atoms. The van der Waals surface area contributed by atoms with Gasteiger partial charge in [-0.25, -0.2) is 0 Å². The summed E-state index contributed by atoms with van der Waals surface area (Å²) < 4.78 is 7.64. The summed E-state index contributed by atoms with van der Waals surface area (Å²) in [5.74, 6) is 0.860. The number of nitrogens with zero attached hydrogens (tertiary/aromatic N) is 2. The van der Waals surface area contributed by atoms with Gasteiger partial charge >= 0.3 is 0 Å². The number of aliphatic imine (C=N–C) groups is 1. The van der Waals surface area contributed by atoms with Crippen LogP contribution < -0.4 is 10.6 Å². The SMILES string of the molecule is CCCCOCCN=C(NCC)NCCn1cccc1.I. The first kappa shape index (κ1) is 20.2. The topological polar surface area (TPSA) is 50.6 Å². The molecule has 0 saturated carbocycles. The second-order valence-corrected chi connectivity index (χ2v) is 4.57. The molecule has 0 atom stereocenters. The molecular weight excluding hydrogens is 379 g/mol. The molecule has 0 spiro atoms. The van der Waals surface area contributed by atoms with Crippen LogP contribution in [0.25, 0.3) is 0 Å². The fourth-order valence-corrected chi connectivity index (χ4v) is 1.73. The average molecular weight is 408 g/mol. The van der Waals surface area contributed by atoms with Crippen LogP contribution in [0.4, 0.5) is 0 Å². The summed E-state index contributed by atoms with van der Waals surface area (Å²) in [7, 11) is 0. The molecule has 1 aromatic rings. The predicted molar refractivity (Wildman–Crippen MR) is 99.6 cm³/mol. The van der Waals surface area contributed by atoms with Crippen molar-refractivity contribution in [2.24, 2.45) is 4.99 Å². The van der Waals surface area contributed by atoms with Gasteiger partial charge in [0.05, 0.1) is 13.2 Å². The Hall–Kier alpha value is -0.760. The van der Waals surface area contributed by atoms with E-state index >= 15 is 0 Å². The number of guanidine groups is 1. The molecule has 0 aliphatic rings. The van der Waals surface area contributed by atoms with Crippen LogP contribution in [0, 0.1) is 0 Å². The molecule has 1 heterocycles. The highest BCUT2D eigenvalue weighted by Crippen LogP contribution is 1.89. The zero-order chi connectivity index (χ0) is 14.5. The summed E-state index contributed by atoms with van der Waals surface area (Å²) in [6.45, 7) is 9.12. The van der Waals surface area contributed by atoms with Gasteiger partial charge in [-0.2, -0.15) is 0 Å². The normalized spacial score (nSPS) is 11.0. The number of hydrogen-bond donors (Lipinski definition) is 2. The lowest BCUT2D eigenvalue weighted by molar-refractivity contribution is 0.139. The van der Waals surface area contributed by atoms with Gasteiger partial charge in [-0.05, 0) is 25.5 Å². The van der Waals surface area contributed by atoms with Crippen LogP contribution in [-0.2, 0) is 11.3 Å². The Morgan fingerprint density at radius 3 is 2.57 bits per heavy atom. The summed E-state index contributed by atoms with van der Waals surface area (Å²) in [5.41, 5.74) is 0. The smallest absolute Gasteiger partial charge is 0.191 e. The summed E-state index contributed by atoms with van der Waals surface area (Å²) in [6, 6.07) is 4.07. The first-order chi connectivity index (χ1) is 9.86. The van der Waals surface area contributed by atoms with Crippen molar-refractivity contribution >= 4 is 29.9 Å². The van der Waals surface area contributed by atoms with Crippen LogP contribution in [0.3, 0.4) is 0 Å². The van der Waals surface area contributed by atoms with Gasteiger partial charge in [-0.3, -0.25) is 4.99 Å². The summed E-state index contributed by atoms with van der Waals surface area (Å²) >= 11 is 0. The Kier molecular flexibility index (Phi) is 13.7. The molecule has 0 bridgehead atoms. The van der Waals surface area contributed by atoms with Crippen LogP contribution >= 0.6 is 24.0 Å². The molecule has 2 N–H and O–H groups in total. The largest absolute Gasteiger partial charge is 0.380 e. The molecule has 0 aliphatic heterocycles. The number of unbranched alkanes of at least 4 members (excludes halogenated alkanes) is 1. The molecule has 0 unspecified atom stereocenters. The summed E-state index contributed by atoms with van der Waals surface area (Å²) in [5, 5.41) is 6.56. The van der Waals surface area contributed by atoms with E-state index in [0.29, 0.717) is 13.2 Å². The van der Waals surface area contributed by atoms with E-state index in [-0.39, 0.29) is 24.0 Å². The third-order valence-corrected chi connectivity index (χ3v) is 2.82. The van der Waals surface area contributed by atoms with Crippen molar-refractivity contribution in [3.8, 4) is 0 Å². The lowest BCUT2D eigenvalue weighted by Crippen LogP contribution is -2.39. The van der Waals surface area contributed by atoms with E-state index in [1.54, 1.807) is 0 Å². The van der Waals surface area contributed by atoms with Gasteiger partial charge in [0.15, 0.2) is 5.96 Å². The van der Waals surface area contributed by atoms with E-state index in [1.807, 2.05) is 12.1 Å². The maximum atomic E-state index is 5.50. The number of hydrogen-bond acceptors (Lipinski definition) is 2. The van der Waals surface area contributed by atoms with E-state index in [2.05, 4.69) is 46.4 Å². The van der Waals surface area contributed by atoms with E-state index in [1.165, 1.54) is 6.42 Å². The van der Waals surface area contributed by atoms with E-state index in [4.69, 9.17) is 4.74 Å². The van der Waals surface area contributed by atoms with Gasteiger partial charge < -0.3 is 19.9 Å². The lowest BCUT2D eigenvalue weighted by Gasteiger charge is -2.11. The third-order valence-electron chi connectivity index (χ3n) is 2.82. The average Bonchev–Trinajstić information content (AvgIpc) is 2.96. The molecule has 6 heteroatoms. The number of ether oxygens (including phenoxy) is 1. The monoisotopic (exact) mass is 408 g/mol. The number of nitrogens with one attached hydrogen (secondary N) is 2. The highest BCUT2D eigenvalue weighted by Gasteiger charge is 1.96. The molecule has 122 valence electrons. The van der Waals surface area contributed by atoms with E-state index < -0.39 is 0 Å². The molecular formula is C15H29IN4O. The quantitative estimate of drug-likeness (QED) is 0.271. The third kappa shape index (κ3) is 10.6. The first-order valence-electron chi connectivity index (χ1n) is 7.57. The second-order valence-electron chi connectivity index (χ2n) is 4.57. The van der Waals surface area contributed by atoms with E-state index in [9.17, 15) is 0 Å². The molecule has 5 nitrogen and oxygen atoms in total. The predicted octanol–water partition coefficient (Wildman–Crippen LogP) is 2.48. The van der Waals surface area contributed by atoms with Crippen LogP contribution in [0.2, 0.25) is 0 Å². The Bertz CT molecular complexity index is 355. The Morgan fingerprint density at radius 1 is 1.14 bits per heavy atom. The van der Waals surface area contributed by atoms with Crippen molar-refractivity contribution in [2.75, 3.05) is 32.8 Å². The van der Waals surface area contributed by atoms with Gasteiger partial charge in [0.25, 0.3) is 0 Å². The Labute approximate surface area is 145 Å². The van der Waals surface area contributed by atoms with Gasteiger partial charge in [0, 0.05) is 38.6 Å². The van der Waals surface area contributed by atoms with Crippen molar-refractivity contribution in [2.45, 2.75) is 33.2 Å². The standard InChI is InChI=1S/C15H28N4O.HI/c1-3-5-13-20-14-9-18-15(16-4-2)17-8-12-19-10-6-7-11-19;/h6-7,10-11H,3-5,8-9,12-14H2,1-2H3,(H2,16,17,18);1H. The van der Waals surface area contributed by atoms with Crippen molar-refractivity contribution in [1.82, 2.24) is 15.2 Å². The Balaban J connectivity index is 0.00000400. The fraction of sp³-hybridized carbons (Fsp3) is 0.667. The molecule has 0 aromatic carbocycles. The Morgan fingerprint density at radius 2 is 1.90 bits per heavy atom. The molecule has 0 amide bonds. The minimum atomic E-state index is 0. The van der Waals surface area contributed by atoms with Crippen LogP contribution in [-0.4, -0.2) is 43.4 Å². The number of halogens is 1. The van der Waals surface area contributed by atoms with Gasteiger partial charge in [-0.1, -0.05) is 13.3 Å². The van der Waals surface area contributed by atoms with Crippen LogP contribution in [0.1, 0.15) is 26.7 Å². The van der Waals surface area contributed by atoms with Crippen molar-refractivity contribution < 1.29 is 4.74 Å². The molecule has 0 radical (unpaired) electrons. The zero-order valence-corrected chi connectivity index (χ0v) is 15.5. The van der Waals surface area contributed by atoms with Crippen molar-refractivity contribution in [1.29, 1.82) is 0 Å². The minimum Gasteiger partial charge on any atom is -0.380 e. The molecule has 1 rings (SSSR count). The lowest BCUT2D eigenvalue weighted by atomic mass is 10.4. The van der Waals surface area contributed by atoms with Gasteiger partial charge in [-0.15, -0.1) is 24.0 Å². The zero-order valence-electron chi connectivity index (χ0n) is 13.2. The molecule has 0 aliphatic carbocycles. The van der Waals surface area contributed by atoms with Crippen LogP contribution in [0.15, 0.2) is 29.5 Å². The highest BCUT2D eigenvalue weighted by molar-refractivity contribution is 14.0. The summed E-state index contributed by atoms with van der Waals surface area (Å²) in [4.78, 5) is 4.49.